The number of phenols is 1. The average molecular weight is 334 g/mol. The fourth-order valence-corrected chi connectivity index (χ4v) is 2.57. The van der Waals surface area contributed by atoms with Gasteiger partial charge in [0.15, 0.2) is 0 Å². The van der Waals surface area contributed by atoms with Crippen LogP contribution in [0.1, 0.15) is 27.5 Å². The van der Waals surface area contributed by atoms with Crippen molar-refractivity contribution in [3.8, 4) is 5.75 Å². The molecule has 0 bridgehead atoms. The van der Waals surface area contributed by atoms with Crippen molar-refractivity contribution in [3.05, 3.63) is 65.2 Å². The second kappa shape index (κ2) is 6.57. The summed E-state index contributed by atoms with van der Waals surface area (Å²) in [5.74, 6) is 0.0231. The van der Waals surface area contributed by atoms with Crippen LogP contribution >= 0.6 is 15.9 Å². The fraction of sp³-hybridized carbons (Fsp3) is 0.188. The maximum Gasteiger partial charge on any atom is 0.252 e. The Labute approximate surface area is 126 Å². The van der Waals surface area contributed by atoms with Gasteiger partial charge in [-0.25, -0.2) is 0 Å². The third kappa shape index (κ3) is 3.39. The van der Waals surface area contributed by atoms with Crippen LogP contribution in [-0.4, -0.2) is 16.3 Å². The zero-order chi connectivity index (χ0) is 14.5. The predicted molar refractivity (Wildman–Crippen MR) is 83.3 cm³/mol. The number of halogens is 1. The summed E-state index contributed by atoms with van der Waals surface area (Å²) < 4.78 is 0. The summed E-state index contributed by atoms with van der Waals surface area (Å²) in [4.78, 5) is 12.3. The van der Waals surface area contributed by atoms with Gasteiger partial charge in [0.1, 0.15) is 5.75 Å². The molecule has 4 heteroatoms. The van der Waals surface area contributed by atoms with Gasteiger partial charge < -0.3 is 10.4 Å². The van der Waals surface area contributed by atoms with Gasteiger partial charge >= 0.3 is 0 Å². The summed E-state index contributed by atoms with van der Waals surface area (Å²) in [5, 5.41) is 13.0. The molecule has 2 aromatic carbocycles. The molecule has 1 atom stereocenters. The molecule has 0 fully saturated rings. The number of phenolic OH excluding ortho intramolecular Hbond substituents is 1. The molecule has 20 heavy (non-hydrogen) atoms. The third-order valence-corrected chi connectivity index (χ3v) is 3.76. The van der Waals surface area contributed by atoms with Crippen molar-refractivity contribution in [1.29, 1.82) is 0 Å². The van der Waals surface area contributed by atoms with Gasteiger partial charge in [-0.15, -0.1) is 0 Å². The first-order valence-corrected chi connectivity index (χ1v) is 7.45. The summed E-state index contributed by atoms with van der Waals surface area (Å²) >= 11 is 3.43. The van der Waals surface area contributed by atoms with Crippen LogP contribution in [0.2, 0.25) is 0 Å². The summed E-state index contributed by atoms with van der Waals surface area (Å²) in [6.45, 7) is 1.81. The molecule has 104 valence electrons. The highest BCUT2D eigenvalue weighted by molar-refractivity contribution is 9.09. The lowest BCUT2D eigenvalue weighted by Gasteiger charge is -2.17. The molecule has 0 aliphatic heterocycles. The maximum atomic E-state index is 12.3. The van der Waals surface area contributed by atoms with Crippen LogP contribution < -0.4 is 5.32 Å². The molecule has 0 aliphatic carbocycles. The Morgan fingerprint density at radius 2 is 1.95 bits per heavy atom. The molecule has 0 heterocycles. The Balaban J connectivity index is 2.17. The van der Waals surface area contributed by atoms with Crippen LogP contribution in [0.5, 0.6) is 5.75 Å². The van der Waals surface area contributed by atoms with Crippen LogP contribution in [-0.2, 0) is 0 Å². The highest BCUT2D eigenvalue weighted by atomic mass is 79.9. The zero-order valence-corrected chi connectivity index (χ0v) is 12.7. The van der Waals surface area contributed by atoms with E-state index in [-0.39, 0.29) is 17.7 Å². The minimum absolute atomic E-state index is 0.0862. The lowest BCUT2D eigenvalue weighted by atomic mass is 10.1. The van der Waals surface area contributed by atoms with Crippen molar-refractivity contribution in [2.45, 2.75) is 13.0 Å². The summed E-state index contributed by atoms with van der Waals surface area (Å²) in [6.07, 6.45) is 0. The van der Waals surface area contributed by atoms with Crippen molar-refractivity contribution in [1.82, 2.24) is 5.32 Å². The van der Waals surface area contributed by atoms with E-state index in [0.29, 0.717) is 10.9 Å². The predicted octanol–water partition coefficient (Wildman–Crippen LogP) is 3.57. The standard InChI is InChI=1S/C16H16BrNO2/c1-11-9-13(19)7-8-14(11)16(20)18-15(10-17)12-5-3-2-4-6-12/h2-9,15,19H,10H2,1H3,(H,18,20). The third-order valence-electron chi connectivity index (χ3n) is 3.12. The molecule has 1 unspecified atom stereocenters. The summed E-state index contributed by atoms with van der Waals surface area (Å²) in [5.41, 5.74) is 2.38. The molecule has 0 spiro atoms. The van der Waals surface area contributed by atoms with Gasteiger partial charge in [-0.1, -0.05) is 46.3 Å². The number of hydrogen-bond donors (Lipinski definition) is 2. The maximum absolute atomic E-state index is 12.3. The number of amides is 1. The Morgan fingerprint density at radius 1 is 1.25 bits per heavy atom. The van der Waals surface area contributed by atoms with Crippen molar-refractivity contribution in [2.24, 2.45) is 0 Å². The SMILES string of the molecule is Cc1cc(O)ccc1C(=O)NC(CBr)c1ccccc1. The molecule has 0 aromatic heterocycles. The van der Waals surface area contributed by atoms with Gasteiger partial charge in [-0.05, 0) is 36.2 Å². The number of rotatable bonds is 4. The van der Waals surface area contributed by atoms with Crippen molar-refractivity contribution >= 4 is 21.8 Å². The van der Waals surface area contributed by atoms with Crippen LogP contribution in [0.3, 0.4) is 0 Å². The molecule has 2 rings (SSSR count). The van der Waals surface area contributed by atoms with Crippen LogP contribution in [0, 0.1) is 6.92 Å². The molecule has 2 N–H and O–H groups in total. The Morgan fingerprint density at radius 3 is 2.55 bits per heavy atom. The van der Waals surface area contributed by atoms with Gasteiger partial charge in [0.05, 0.1) is 6.04 Å². The normalized spacial score (nSPS) is 11.9. The molecular formula is C16H16BrNO2. The number of aromatic hydroxyl groups is 1. The van der Waals surface area contributed by atoms with E-state index in [1.54, 1.807) is 19.1 Å². The van der Waals surface area contributed by atoms with Gasteiger partial charge in [0, 0.05) is 10.9 Å². The van der Waals surface area contributed by atoms with Crippen LogP contribution in [0.15, 0.2) is 48.5 Å². The second-order valence-corrected chi connectivity index (χ2v) is 5.24. The molecule has 1 amide bonds. The highest BCUT2D eigenvalue weighted by Gasteiger charge is 2.16. The molecule has 3 nitrogen and oxygen atoms in total. The minimum atomic E-state index is -0.143. The smallest absolute Gasteiger partial charge is 0.252 e. The van der Waals surface area contributed by atoms with Crippen molar-refractivity contribution < 1.29 is 9.90 Å². The molecule has 0 radical (unpaired) electrons. The quantitative estimate of drug-likeness (QED) is 0.840. The van der Waals surface area contributed by atoms with Crippen molar-refractivity contribution in [3.63, 3.8) is 0 Å². The highest BCUT2D eigenvalue weighted by Crippen LogP contribution is 2.19. The fourth-order valence-electron chi connectivity index (χ4n) is 2.03. The Hall–Kier alpha value is -1.81. The van der Waals surface area contributed by atoms with E-state index in [1.165, 1.54) is 6.07 Å². The van der Waals surface area contributed by atoms with Gasteiger partial charge in [-0.3, -0.25) is 4.79 Å². The first-order valence-electron chi connectivity index (χ1n) is 6.33. The van der Waals surface area contributed by atoms with Crippen molar-refractivity contribution in [2.75, 3.05) is 5.33 Å². The van der Waals surface area contributed by atoms with Crippen LogP contribution in [0.25, 0.3) is 0 Å². The number of aryl methyl sites for hydroxylation is 1. The molecular weight excluding hydrogens is 318 g/mol. The number of carbonyl (C=O) groups excluding carboxylic acids is 1. The lowest BCUT2D eigenvalue weighted by Crippen LogP contribution is -2.30. The second-order valence-electron chi connectivity index (χ2n) is 4.59. The van der Waals surface area contributed by atoms with E-state index >= 15 is 0 Å². The Kier molecular flexibility index (Phi) is 4.79. The van der Waals surface area contributed by atoms with Gasteiger partial charge in [-0.2, -0.15) is 0 Å². The number of alkyl halides is 1. The number of nitrogens with one attached hydrogen (secondary N) is 1. The van der Waals surface area contributed by atoms with E-state index in [4.69, 9.17) is 0 Å². The van der Waals surface area contributed by atoms with E-state index in [1.807, 2.05) is 30.3 Å². The number of benzene rings is 2. The monoisotopic (exact) mass is 333 g/mol. The van der Waals surface area contributed by atoms with E-state index < -0.39 is 0 Å². The zero-order valence-electron chi connectivity index (χ0n) is 11.1. The molecule has 2 aromatic rings. The summed E-state index contributed by atoms with van der Waals surface area (Å²) in [7, 11) is 0. The van der Waals surface area contributed by atoms with Crippen LogP contribution in [0.4, 0.5) is 0 Å². The minimum Gasteiger partial charge on any atom is -0.508 e. The summed E-state index contributed by atoms with van der Waals surface area (Å²) in [6, 6.07) is 14.5. The number of carbonyl (C=O) groups is 1. The average Bonchev–Trinajstić information content (AvgIpc) is 2.45. The number of hydrogen-bond acceptors (Lipinski definition) is 2. The molecule has 0 saturated carbocycles. The van der Waals surface area contributed by atoms with Gasteiger partial charge in [0.2, 0.25) is 0 Å². The van der Waals surface area contributed by atoms with E-state index in [0.717, 1.165) is 11.1 Å². The first-order chi connectivity index (χ1) is 9.61. The van der Waals surface area contributed by atoms with E-state index in [9.17, 15) is 9.90 Å². The molecule has 0 aliphatic rings. The lowest BCUT2D eigenvalue weighted by molar-refractivity contribution is 0.0940. The molecule has 0 saturated heterocycles. The first kappa shape index (κ1) is 14.6. The van der Waals surface area contributed by atoms with E-state index in [2.05, 4.69) is 21.2 Å². The van der Waals surface area contributed by atoms with Gasteiger partial charge in [0.25, 0.3) is 5.91 Å². The largest absolute Gasteiger partial charge is 0.508 e. The topological polar surface area (TPSA) is 49.3 Å². The Bertz CT molecular complexity index is 599.